The van der Waals surface area contributed by atoms with Gasteiger partial charge in [-0.25, -0.2) is 4.79 Å². The van der Waals surface area contributed by atoms with Crippen molar-refractivity contribution in [1.29, 1.82) is 0 Å². The third-order valence-corrected chi connectivity index (χ3v) is 1.73. The lowest BCUT2D eigenvalue weighted by Crippen LogP contribution is -2.13. The zero-order valence-corrected chi connectivity index (χ0v) is 9.23. The van der Waals surface area contributed by atoms with Crippen LogP contribution in [0, 0.1) is 0 Å². The molecular formula is C11H18O4. The fraction of sp³-hybridized carbons (Fsp3) is 0.545. The first-order valence-electron chi connectivity index (χ1n) is 4.82. The molecule has 0 aromatic carbocycles. The molecule has 0 spiro atoms. The SMILES string of the molecule is C=COC(C)COCCC=C(C)C(=O)O. The number of hydrogen-bond donors (Lipinski definition) is 1. The van der Waals surface area contributed by atoms with E-state index in [2.05, 4.69) is 6.58 Å². The Hall–Kier alpha value is -1.29. The van der Waals surface area contributed by atoms with E-state index in [4.69, 9.17) is 14.6 Å². The standard InChI is InChI=1S/C11H18O4/c1-4-15-10(3)8-14-7-5-6-9(2)11(12)13/h4,6,10H,1,5,7-8H2,2-3H3,(H,12,13). The highest BCUT2D eigenvalue weighted by Crippen LogP contribution is 1.97. The van der Waals surface area contributed by atoms with Gasteiger partial charge in [0, 0.05) is 5.57 Å². The highest BCUT2D eigenvalue weighted by molar-refractivity contribution is 5.85. The molecule has 1 unspecified atom stereocenters. The van der Waals surface area contributed by atoms with Gasteiger partial charge in [0.1, 0.15) is 6.10 Å². The molecule has 86 valence electrons. The second kappa shape index (κ2) is 8.05. The fourth-order valence-electron chi connectivity index (χ4n) is 0.899. The van der Waals surface area contributed by atoms with Crippen LogP contribution >= 0.6 is 0 Å². The van der Waals surface area contributed by atoms with Gasteiger partial charge in [-0.15, -0.1) is 0 Å². The molecule has 1 atom stereocenters. The largest absolute Gasteiger partial charge is 0.497 e. The predicted molar refractivity (Wildman–Crippen MR) is 57.6 cm³/mol. The highest BCUT2D eigenvalue weighted by Gasteiger charge is 2.00. The Bertz CT molecular complexity index is 233. The first kappa shape index (κ1) is 13.7. The van der Waals surface area contributed by atoms with Crippen molar-refractivity contribution in [2.45, 2.75) is 26.4 Å². The van der Waals surface area contributed by atoms with E-state index in [1.165, 1.54) is 6.26 Å². The Morgan fingerprint density at radius 2 is 2.27 bits per heavy atom. The van der Waals surface area contributed by atoms with Crippen molar-refractivity contribution in [2.24, 2.45) is 0 Å². The van der Waals surface area contributed by atoms with Crippen LogP contribution in [0.3, 0.4) is 0 Å². The minimum Gasteiger partial charge on any atom is -0.497 e. The summed E-state index contributed by atoms with van der Waals surface area (Å²) in [6, 6.07) is 0. The molecule has 0 heterocycles. The Kier molecular flexibility index (Phi) is 7.36. The maximum absolute atomic E-state index is 10.4. The van der Waals surface area contributed by atoms with Gasteiger partial charge in [-0.05, 0) is 20.3 Å². The van der Waals surface area contributed by atoms with Gasteiger partial charge >= 0.3 is 5.97 Å². The second-order valence-electron chi connectivity index (χ2n) is 3.17. The molecule has 0 bridgehead atoms. The molecule has 0 aliphatic heterocycles. The monoisotopic (exact) mass is 214 g/mol. The number of ether oxygens (including phenoxy) is 2. The van der Waals surface area contributed by atoms with E-state index in [-0.39, 0.29) is 6.10 Å². The molecule has 0 saturated carbocycles. The number of rotatable bonds is 8. The van der Waals surface area contributed by atoms with Gasteiger partial charge in [-0.3, -0.25) is 0 Å². The molecule has 0 aromatic heterocycles. The van der Waals surface area contributed by atoms with Crippen molar-refractivity contribution >= 4 is 5.97 Å². The average Bonchev–Trinajstić information content (AvgIpc) is 2.17. The van der Waals surface area contributed by atoms with Crippen LogP contribution in [0.15, 0.2) is 24.5 Å². The van der Waals surface area contributed by atoms with Gasteiger partial charge in [-0.2, -0.15) is 0 Å². The van der Waals surface area contributed by atoms with Crippen molar-refractivity contribution in [3.63, 3.8) is 0 Å². The Balaban J connectivity index is 3.51. The zero-order valence-electron chi connectivity index (χ0n) is 9.23. The van der Waals surface area contributed by atoms with Gasteiger partial charge in [-0.1, -0.05) is 12.7 Å². The second-order valence-corrected chi connectivity index (χ2v) is 3.17. The third-order valence-electron chi connectivity index (χ3n) is 1.73. The van der Waals surface area contributed by atoms with Gasteiger partial charge in [0.25, 0.3) is 0 Å². The van der Waals surface area contributed by atoms with Crippen LogP contribution in [0.1, 0.15) is 20.3 Å². The zero-order chi connectivity index (χ0) is 11.7. The first-order valence-corrected chi connectivity index (χ1v) is 4.82. The first-order chi connectivity index (χ1) is 7.07. The molecule has 0 fully saturated rings. The van der Waals surface area contributed by atoms with Gasteiger partial charge < -0.3 is 14.6 Å². The number of hydrogen-bond acceptors (Lipinski definition) is 3. The molecule has 4 heteroatoms. The Labute approximate surface area is 90.2 Å². The normalized spacial score (nSPS) is 13.3. The van der Waals surface area contributed by atoms with Crippen LogP contribution in [0.25, 0.3) is 0 Å². The lowest BCUT2D eigenvalue weighted by Gasteiger charge is -2.10. The molecule has 0 rings (SSSR count). The van der Waals surface area contributed by atoms with Crippen molar-refractivity contribution in [2.75, 3.05) is 13.2 Å². The Morgan fingerprint density at radius 1 is 1.60 bits per heavy atom. The Morgan fingerprint density at radius 3 is 2.80 bits per heavy atom. The minimum atomic E-state index is -0.890. The van der Waals surface area contributed by atoms with Crippen LogP contribution in [0.2, 0.25) is 0 Å². The number of carboxylic acids is 1. The molecule has 0 aliphatic rings. The lowest BCUT2D eigenvalue weighted by molar-refractivity contribution is -0.132. The third kappa shape index (κ3) is 7.76. The van der Waals surface area contributed by atoms with E-state index < -0.39 is 5.97 Å². The van der Waals surface area contributed by atoms with Gasteiger partial charge in [0.05, 0.1) is 19.5 Å². The summed E-state index contributed by atoms with van der Waals surface area (Å²) in [5, 5.41) is 8.56. The van der Waals surface area contributed by atoms with Crippen LogP contribution in [0.5, 0.6) is 0 Å². The number of carboxylic acid groups (broad SMARTS) is 1. The van der Waals surface area contributed by atoms with E-state index in [0.717, 1.165) is 0 Å². The molecule has 1 N–H and O–H groups in total. The number of aliphatic carboxylic acids is 1. The van der Waals surface area contributed by atoms with E-state index in [1.807, 2.05) is 6.92 Å². The topological polar surface area (TPSA) is 55.8 Å². The van der Waals surface area contributed by atoms with Crippen LogP contribution in [-0.2, 0) is 14.3 Å². The van der Waals surface area contributed by atoms with Gasteiger partial charge in [0.15, 0.2) is 0 Å². The van der Waals surface area contributed by atoms with Gasteiger partial charge in [0.2, 0.25) is 0 Å². The molecule has 0 saturated heterocycles. The van der Waals surface area contributed by atoms with E-state index in [1.54, 1.807) is 13.0 Å². The van der Waals surface area contributed by atoms with Crippen molar-refractivity contribution in [3.05, 3.63) is 24.5 Å². The summed E-state index contributed by atoms with van der Waals surface area (Å²) in [7, 11) is 0. The minimum absolute atomic E-state index is 0.0212. The summed E-state index contributed by atoms with van der Waals surface area (Å²) >= 11 is 0. The lowest BCUT2D eigenvalue weighted by atomic mass is 10.2. The quantitative estimate of drug-likeness (QED) is 0.381. The smallest absolute Gasteiger partial charge is 0.330 e. The molecule has 0 aliphatic carbocycles. The summed E-state index contributed by atoms with van der Waals surface area (Å²) in [5.74, 6) is -0.890. The van der Waals surface area contributed by atoms with Crippen LogP contribution in [0.4, 0.5) is 0 Å². The molecule has 4 nitrogen and oxygen atoms in total. The highest BCUT2D eigenvalue weighted by atomic mass is 16.5. The van der Waals surface area contributed by atoms with Crippen LogP contribution < -0.4 is 0 Å². The summed E-state index contributed by atoms with van der Waals surface area (Å²) in [6.45, 7) is 7.85. The van der Waals surface area contributed by atoms with E-state index >= 15 is 0 Å². The summed E-state index contributed by atoms with van der Waals surface area (Å²) in [6.07, 6.45) is 3.59. The summed E-state index contributed by atoms with van der Waals surface area (Å²) in [4.78, 5) is 10.4. The van der Waals surface area contributed by atoms with E-state index in [0.29, 0.717) is 25.2 Å². The van der Waals surface area contributed by atoms with Crippen LogP contribution in [-0.4, -0.2) is 30.4 Å². The summed E-state index contributed by atoms with van der Waals surface area (Å²) < 4.78 is 10.3. The van der Waals surface area contributed by atoms with E-state index in [9.17, 15) is 4.79 Å². The summed E-state index contributed by atoms with van der Waals surface area (Å²) in [5.41, 5.74) is 0.342. The molecule has 15 heavy (non-hydrogen) atoms. The molecule has 0 amide bonds. The maximum Gasteiger partial charge on any atom is 0.330 e. The molecule has 0 aromatic rings. The fourth-order valence-corrected chi connectivity index (χ4v) is 0.899. The van der Waals surface area contributed by atoms with Crippen molar-refractivity contribution in [3.8, 4) is 0 Å². The van der Waals surface area contributed by atoms with Crippen molar-refractivity contribution < 1.29 is 19.4 Å². The van der Waals surface area contributed by atoms with Crippen molar-refractivity contribution in [1.82, 2.24) is 0 Å². The average molecular weight is 214 g/mol. The predicted octanol–water partition coefficient (Wildman–Crippen LogP) is 1.97. The molecule has 0 radical (unpaired) electrons. The maximum atomic E-state index is 10.4. The number of carbonyl (C=O) groups is 1. The molecular weight excluding hydrogens is 196 g/mol.